The maximum absolute atomic E-state index is 10.5. The van der Waals surface area contributed by atoms with Crippen LogP contribution in [0, 0.1) is 22.0 Å². The van der Waals surface area contributed by atoms with Crippen molar-refractivity contribution < 1.29 is 4.92 Å². The van der Waals surface area contributed by atoms with Crippen molar-refractivity contribution in [3.63, 3.8) is 0 Å². The highest BCUT2D eigenvalue weighted by atomic mass is 79.9. The SMILES string of the molecule is CC(C)C(CS)Cn1nc([N+](=O)[O-])nc1Br. The van der Waals surface area contributed by atoms with E-state index in [4.69, 9.17) is 0 Å². The van der Waals surface area contributed by atoms with Gasteiger partial charge in [0.15, 0.2) is 0 Å². The molecule has 0 aromatic carbocycles. The first kappa shape index (κ1) is 13.4. The Labute approximate surface area is 107 Å². The summed E-state index contributed by atoms with van der Waals surface area (Å²) in [5, 5.41) is 14.3. The van der Waals surface area contributed by atoms with Crippen molar-refractivity contribution >= 4 is 34.5 Å². The lowest BCUT2D eigenvalue weighted by Crippen LogP contribution is -2.19. The summed E-state index contributed by atoms with van der Waals surface area (Å²) in [5.74, 6) is 1.07. The summed E-state index contributed by atoms with van der Waals surface area (Å²) in [5.41, 5.74) is 0. The van der Waals surface area contributed by atoms with Crippen molar-refractivity contribution in [1.29, 1.82) is 0 Å². The van der Waals surface area contributed by atoms with E-state index in [1.165, 1.54) is 4.68 Å². The van der Waals surface area contributed by atoms with Gasteiger partial charge in [-0.15, -0.1) is 0 Å². The molecule has 8 heteroatoms. The van der Waals surface area contributed by atoms with Crippen LogP contribution in [0.3, 0.4) is 0 Å². The van der Waals surface area contributed by atoms with Gasteiger partial charge in [0, 0.05) is 21.0 Å². The maximum atomic E-state index is 10.5. The van der Waals surface area contributed by atoms with Crippen LogP contribution in [0.2, 0.25) is 0 Å². The van der Waals surface area contributed by atoms with Crippen LogP contribution in [-0.2, 0) is 6.54 Å². The molecule has 0 aliphatic rings. The molecule has 0 N–H and O–H groups in total. The van der Waals surface area contributed by atoms with Crippen LogP contribution in [0.1, 0.15) is 13.8 Å². The fraction of sp³-hybridized carbons (Fsp3) is 0.750. The Balaban J connectivity index is 2.84. The molecule has 1 aromatic rings. The topological polar surface area (TPSA) is 73.8 Å². The third-order valence-corrected chi connectivity index (χ3v) is 3.42. The van der Waals surface area contributed by atoms with Crippen LogP contribution >= 0.6 is 28.6 Å². The highest BCUT2D eigenvalue weighted by molar-refractivity contribution is 9.10. The first-order chi connectivity index (χ1) is 7.45. The van der Waals surface area contributed by atoms with E-state index >= 15 is 0 Å². The number of hydrogen-bond acceptors (Lipinski definition) is 5. The van der Waals surface area contributed by atoms with Crippen molar-refractivity contribution in [3.8, 4) is 0 Å². The molecular weight excluding hydrogens is 296 g/mol. The van der Waals surface area contributed by atoms with Gasteiger partial charge in [-0.3, -0.25) is 0 Å². The van der Waals surface area contributed by atoms with E-state index in [1.54, 1.807) is 0 Å². The Kier molecular flexibility index (Phi) is 4.72. The van der Waals surface area contributed by atoms with Gasteiger partial charge >= 0.3 is 5.95 Å². The van der Waals surface area contributed by atoms with Crippen molar-refractivity contribution in [2.45, 2.75) is 20.4 Å². The van der Waals surface area contributed by atoms with E-state index in [0.29, 0.717) is 28.9 Å². The van der Waals surface area contributed by atoms with E-state index in [1.807, 2.05) is 0 Å². The summed E-state index contributed by atoms with van der Waals surface area (Å²) in [4.78, 5) is 13.6. The van der Waals surface area contributed by atoms with E-state index < -0.39 is 4.92 Å². The molecule has 0 amide bonds. The molecule has 1 heterocycles. The van der Waals surface area contributed by atoms with E-state index in [2.05, 4.69) is 52.5 Å². The number of aromatic nitrogens is 3. The largest absolute Gasteiger partial charge is 0.492 e. The normalized spacial score (nSPS) is 13.1. The van der Waals surface area contributed by atoms with Crippen LogP contribution in [0.4, 0.5) is 5.95 Å². The van der Waals surface area contributed by atoms with Crippen molar-refractivity contribution in [2.75, 3.05) is 5.75 Å². The molecule has 0 aliphatic carbocycles. The van der Waals surface area contributed by atoms with Gasteiger partial charge in [0.2, 0.25) is 0 Å². The second-order valence-corrected chi connectivity index (χ2v) is 4.88. The summed E-state index contributed by atoms with van der Waals surface area (Å²) in [6.45, 7) is 4.74. The lowest BCUT2D eigenvalue weighted by molar-refractivity contribution is -0.394. The number of rotatable bonds is 5. The second-order valence-electron chi connectivity index (χ2n) is 3.81. The summed E-state index contributed by atoms with van der Waals surface area (Å²) >= 11 is 7.41. The monoisotopic (exact) mass is 308 g/mol. The summed E-state index contributed by atoms with van der Waals surface area (Å²) < 4.78 is 1.88. The van der Waals surface area contributed by atoms with E-state index in [9.17, 15) is 10.1 Å². The first-order valence-electron chi connectivity index (χ1n) is 4.81. The Morgan fingerprint density at radius 3 is 2.62 bits per heavy atom. The third kappa shape index (κ3) is 3.18. The molecule has 1 rings (SSSR count). The molecule has 1 atom stereocenters. The molecule has 90 valence electrons. The average molecular weight is 309 g/mol. The molecule has 0 spiro atoms. The lowest BCUT2D eigenvalue weighted by atomic mass is 9.98. The Morgan fingerprint density at radius 2 is 2.25 bits per heavy atom. The number of nitrogens with zero attached hydrogens (tertiary/aromatic N) is 4. The van der Waals surface area contributed by atoms with Crippen LogP contribution in [-0.4, -0.2) is 25.4 Å². The molecule has 16 heavy (non-hydrogen) atoms. The molecule has 0 aliphatic heterocycles. The minimum absolute atomic E-state index is 0.306. The van der Waals surface area contributed by atoms with Gasteiger partial charge in [-0.05, 0) is 27.5 Å². The molecule has 0 saturated carbocycles. The third-order valence-electron chi connectivity index (χ3n) is 2.36. The second kappa shape index (κ2) is 5.62. The Bertz CT molecular complexity index is 382. The molecule has 1 unspecified atom stereocenters. The molecule has 0 radical (unpaired) electrons. The number of thiol groups is 1. The zero-order valence-corrected chi connectivity index (χ0v) is 11.5. The smallest absolute Gasteiger partial charge is 0.390 e. The van der Waals surface area contributed by atoms with Gasteiger partial charge in [-0.2, -0.15) is 17.3 Å². The zero-order chi connectivity index (χ0) is 12.3. The van der Waals surface area contributed by atoms with Gasteiger partial charge in [0.25, 0.3) is 4.73 Å². The lowest BCUT2D eigenvalue weighted by Gasteiger charge is -2.16. The zero-order valence-electron chi connectivity index (χ0n) is 9.00. The molecule has 0 fully saturated rings. The summed E-state index contributed by atoms with van der Waals surface area (Å²) in [7, 11) is 0. The van der Waals surface area contributed by atoms with Gasteiger partial charge in [-0.25, -0.2) is 0 Å². The van der Waals surface area contributed by atoms with E-state index in [0.717, 1.165) is 0 Å². The predicted molar refractivity (Wildman–Crippen MR) is 66.6 cm³/mol. The van der Waals surface area contributed by atoms with E-state index in [-0.39, 0.29) is 5.95 Å². The molecular formula is C8H13BrN4O2S. The first-order valence-corrected chi connectivity index (χ1v) is 6.23. The standard InChI is InChI=1S/C8H13BrN4O2S/c1-5(2)6(4-16)3-12-7(9)10-8(11-12)13(14)15/h5-6,16H,3-4H2,1-2H3. The Morgan fingerprint density at radius 1 is 1.62 bits per heavy atom. The van der Waals surface area contributed by atoms with Gasteiger partial charge < -0.3 is 10.1 Å². The van der Waals surface area contributed by atoms with Crippen LogP contribution < -0.4 is 0 Å². The van der Waals surface area contributed by atoms with Gasteiger partial charge in [0.1, 0.15) is 0 Å². The fourth-order valence-corrected chi connectivity index (χ4v) is 2.13. The number of hydrogen-bond donors (Lipinski definition) is 1. The fourth-order valence-electron chi connectivity index (χ4n) is 1.21. The summed E-state index contributed by atoms with van der Waals surface area (Å²) in [6, 6.07) is 0. The molecule has 1 aromatic heterocycles. The molecule has 0 bridgehead atoms. The Hall–Kier alpha value is -0.630. The van der Waals surface area contributed by atoms with Crippen LogP contribution in [0.25, 0.3) is 0 Å². The van der Waals surface area contributed by atoms with Crippen molar-refractivity contribution in [2.24, 2.45) is 11.8 Å². The van der Waals surface area contributed by atoms with Crippen LogP contribution in [0.15, 0.2) is 4.73 Å². The maximum Gasteiger partial charge on any atom is 0.492 e. The highest BCUT2D eigenvalue weighted by Gasteiger charge is 2.22. The predicted octanol–water partition coefficient (Wildman–Crippen LogP) is 2.15. The minimum Gasteiger partial charge on any atom is -0.390 e. The van der Waals surface area contributed by atoms with Crippen LogP contribution in [0.5, 0.6) is 0 Å². The average Bonchev–Trinajstić information content (AvgIpc) is 2.56. The van der Waals surface area contributed by atoms with Crippen molar-refractivity contribution in [3.05, 3.63) is 14.8 Å². The molecule has 0 saturated heterocycles. The summed E-state index contributed by atoms with van der Waals surface area (Å²) in [6.07, 6.45) is 0. The number of halogens is 1. The van der Waals surface area contributed by atoms with Crippen molar-refractivity contribution in [1.82, 2.24) is 14.8 Å². The number of nitro groups is 1. The van der Waals surface area contributed by atoms with Gasteiger partial charge in [-0.1, -0.05) is 13.8 Å². The highest BCUT2D eigenvalue weighted by Crippen LogP contribution is 2.19. The minimum atomic E-state index is -0.605. The quantitative estimate of drug-likeness (QED) is 0.514. The van der Waals surface area contributed by atoms with Gasteiger partial charge in [0.05, 0.1) is 6.54 Å². The molecule has 6 nitrogen and oxygen atoms in total.